The smallest absolute Gasteiger partial charge is 0.0641 e. The number of nitrogen functional groups attached to an aromatic ring is 4. The monoisotopic (exact) mass is 470 g/mol. The third-order valence-corrected chi connectivity index (χ3v) is 5.52. The van der Waals surface area contributed by atoms with Crippen LogP contribution in [0.5, 0.6) is 0 Å². The Morgan fingerprint density at radius 1 is 0.419 bits per heavy atom. The van der Waals surface area contributed by atoms with Crippen molar-refractivity contribution >= 4 is 57.6 Å². The van der Waals surface area contributed by atoms with Gasteiger partial charge in [-0.25, -0.2) is 0 Å². The quantitative estimate of drug-likeness (QED) is 0.236. The summed E-state index contributed by atoms with van der Waals surface area (Å²) in [7, 11) is 0. The maximum absolute atomic E-state index is 6.09. The van der Waals surface area contributed by atoms with Gasteiger partial charge >= 0.3 is 0 Å². The molecule has 0 unspecified atom stereocenters. The van der Waals surface area contributed by atoms with E-state index in [9.17, 15) is 0 Å². The lowest BCUT2D eigenvalue weighted by atomic mass is 10.1. The van der Waals surface area contributed by atoms with Gasteiger partial charge in [-0.15, -0.1) is 0 Å². The Labute approximate surface area is 196 Å². The van der Waals surface area contributed by atoms with Crippen molar-refractivity contribution in [1.29, 1.82) is 0 Å². The molecule has 0 amide bonds. The van der Waals surface area contributed by atoms with E-state index in [1.54, 1.807) is 30.3 Å². The molecule has 0 spiro atoms. The van der Waals surface area contributed by atoms with Crippen molar-refractivity contribution in [3.05, 3.63) is 93.9 Å². The highest BCUT2D eigenvalue weighted by Crippen LogP contribution is 2.31. The van der Waals surface area contributed by atoms with Gasteiger partial charge in [0, 0.05) is 16.9 Å². The van der Waals surface area contributed by atoms with Crippen LogP contribution in [0.1, 0.15) is 0 Å². The highest BCUT2D eigenvalue weighted by atomic mass is 35.5. The fourth-order valence-corrected chi connectivity index (χ4v) is 3.50. The largest absolute Gasteiger partial charge is 0.399 e. The molecule has 0 saturated heterocycles. The average molecular weight is 472 g/mol. The van der Waals surface area contributed by atoms with Crippen LogP contribution in [0.3, 0.4) is 0 Å². The van der Waals surface area contributed by atoms with E-state index < -0.39 is 0 Å². The summed E-state index contributed by atoms with van der Waals surface area (Å²) >= 11 is 18.0. The number of anilines is 4. The van der Waals surface area contributed by atoms with Gasteiger partial charge in [0.2, 0.25) is 0 Å². The molecule has 8 N–H and O–H groups in total. The van der Waals surface area contributed by atoms with E-state index in [0.29, 0.717) is 32.1 Å². The first kappa shape index (κ1) is 22.6. The summed E-state index contributed by atoms with van der Waals surface area (Å²) in [5.41, 5.74) is 29.0. The summed E-state index contributed by atoms with van der Waals surface area (Å²) in [4.78, 5) is 0. The highest BCUT2D eigenvalue weighted by molar-refractivity contribution is 6.34. The minimum atomic E-state index is 0.533. The van der Waals surface area contributed by atoms with E-state index in [-0.39, 0.29) is 0 Å². The first-order valence-electron chi connectivity index (χ1n) is 9.26. The molecule has 0 aliphatic heterocycles. The molecule has 4 aromatic carbocycles. The fraction of sp³-hybridized carbons (Fsp3) is 0. The topological polar surface area (TPSA) is 104 Å². The van der Waals surface area contributed by atoms with E-state index in [1.165, 1.54) is 0 Å². The van der Waals surface area contributed by atoms with Crippen molar-refractivity contribution in [1.82, 2.24) is 0 Å². The molecule has 4 rings (SSSR count). The fourth-order valence-electron chi connectivity index (χ4n) is 2.84. The number of hydrogen-bond donors (Lipinski definition) is 4. The lowest BCUT2D eigenvalue weighted by Crippen LogP contribution is -1.88. The lowest BCUT2D eigenvalue weighted by molar-refractivity contribution is 1.61. The summed E-state index contributed by atoms with van der Waals surface area (Å²) in [6, 6.07) is 24.0. The summed E-state index contributed by atoms with van der Waals surface area (Å²) < 4.78 is 0. The molecule has 4 nitrogen and oxygen atoms in total. The van der Waals surface area contributed by atoms with Crippen LogP contribution in [0, 0.1) is 0 Å². The molecule has 0 aliphatic carbocycles. The van der Waals surface area contributed by atoms with Gasteiger partial charge in [-0.3, -0.25) is 0 Å². The third-order valence-electron chi connectivity index (χ3n) is 4.55. The van der Waals surface area contributed by atoms with Crippen LogP contribution in [0.15, 0.2) is 78.9 Å². The Kier molecular flexibility index (Phi) is 7.18. The predicted octanol–water partition coefficient (Wildman–Crippen LogP) is 7.00. The maximum atomic E-state index is 6.09. The van der Waals surface area contributed by atoms with Crippen LogP contribution < -0.4 is 22.9 Å². The molecule has 158 valence electrons. The molecule has 0 heterocycles. The summed E-state index contributed by atoms with van der Waals surface area (Å²) in [5.74, 6) is 0. The van der Waals surface area contributed by atoms with Crippen molar-refractivity contribution < 1.29 is 0 Å². The second-order valence-electron chi connectivity index (χ2n) is 6.83. The first-order valence-corrected chi connectivity index (χ1v) is 10.4. The normalized spacial score (nSPS) is 10.3. The van der Waals surface area contributed by atoms with E-state index >= 15 is 0 Å². The number of benzene rings is 4. The number of rotatable bonds is 2. The van der Waals surface area contributed by atoms with E-state index in [0.717, 1.165) is 27.9 Å². The van der Waals surface area contributed by atoms with E-state index in [1.807, 2.05) is 48.5 Å². The van der Waals surface area contributed by atoms with Gasteiger partial charge in [-0.05, 0) is 65.2 Å². The number of hydrogen-bond acceptors (Lipinski definition) is 4. The van der Waals surface area contributed by atoms with Crippen molar-refractivity contribution in [3.63, 3.8) is 0 Å². The first-order chi connectivity index (χ1) is 14.7. The van der Waals surface area contributed by atoms with E-state index in [2.05, 4.69) is 0 Å². The van der Waals surface area contributed by atoms with Crippen LogP contribution in [-0.2, 0) is 0 Å². The summed E-state index contributed by atoms with van der Waals surface area (Å²) in [5, 5.41) is 1.72. The molecule has 0 aromatic heterocycles. The summed E-state index contributed by atoms with van der Waals surface area (Å²) in [6.07, 6.45) is 0. The molecule has 0 atom stereocenters. The Morgan fingerprint density at radius 2 is 0.871 bits per heavy atom. The van der Waals surface area contributed by atoms with E-state index in [4.69, 9.17) is 57.7 Å². The Bertz CT molecular complexity index is 1160. The predicted molar refractivity (Wildman–Crippen MR) is 136 cm³/mol. The van der Waals surface area contributed by atoms with Crippen LogP contribution >= 0.6 is 34.8 Å². The van der Waals surface area contributed by atoms with Gasteiger partial charge in [-0.2, -0.15) is 0 Å². The standard InChI is InChI=1S/C12H10Cl2N2.C12H11ClN2/c13-9-5-7(1-3-11(9)15)8-2-4-12(16)10(14)6-8;13-12-7-10(15)5-6-11(12)8-1-3-9(14)4-2-8/h1-6H,15-16H2;1-7H,14-15H2. The lowest BCUT2D eigenvalue weighted by Gasteiger charge is -2.06. The number of nitrogens with two attached hydrogens (primary N) is 4. The molecule has 0 fully saturated rings. The van der Waals surface area contributed by atoms with Gasteiger partial charge in [0.25, 0.3) is 0 Å². The summed E-state index contributed by atoms with van der Waals surface area (Å²) in [6.45, 7) is 0. The van der Waals surface area contributed by atoms with Gasteiger partial charge in [0.15, 0.2) is 0 Å². The van der Waals surface area contributed by atoms with Crippen LogP contribution in [0.2, 0.25) is 15.1 Å². The Morgan fingerprint density at radius 3 is 1.32 bits per heavy atom. The molecular formula is C24H21Cl3N4. The SMILES string of the molecule is Nc1ccc(-c2ccc(N)c(Cl)c2)cc1Cl.Nc1ccc(-c2ccc(N)cc2Cl)cc1. The zero-order valence-corrected chi connectivity index (χ0v) is 18.7. The molecule has 0 aliphatic rings. The highest BCUT2D eigenvalue weighted by Gasteiger charge is 2.04. The number of halogens is 3. The second-order valence-corrected chi connectivity index (χ2v) is 8.06. The van der Waals surface area contributed by atoms with Crippen LogP contribution in [0.4, 0.5) is 22.7 Å². The van der Waals surface area contributed by atoms with Gasteiger partial charge in [0.05, 0.1) is 26.4 Å². The average Bonchev–Trinajstić information content (AvgIpc) is 2.73. The molecule has 0 bridgehead atoms. The van der Waals surface area contributed by atoms with Crippen molar-refractivity contribution in [2.45, 2.75) is 0 Å². The zero-order valence-electron chi connectivity index (χ0n) is 16.4. The van der Waals surface area contributed by atoms with Crippen molar-refractivity contribution in [3.8, 4) is 22.3 Å². The molecule has 4 aromatic rings. The molecule has 0 radical (unpaired) electrons. The Balaban J connectivity index is 0.000000176. The van der Waals surface area contributed by atoms with Gasteiger partial charge in [0.1, 0.15) is 0 Å². The maximum Gasteiger partial charge on any atom is 0.0641 e. The van der Waals surface area contributed by atoms with Crippen LogP contribution in [-0.4, -0.2) is 0 Å². The molecular weight excluding hydrogens is 451 g/mol. The second kappa shape index (κ2) is 9.84. The van der Waals surface area contributed by atoms with Gasteiger partial charge < -0.3 is 22.9 Å². The van der Waals surface area contributed by atoms with Crippen molar-refractivity contribution in [2.75, 3.05) is 22.9 Å². The van der Waals surface area contributed by atoms with Crippen molar-refractivity contribution in [2.24, 2.45) is 0 Å². The van der Waals surface area contributed by atoms with Gasteiger partial charge in [-0.1, -0.05) is 65.1 Å². The molecule has 0 saturated carbocycles. The molecule has 7 heteroatoms. The minimum Gasteiger partial charge on any atom is -0.399 e. The Hall–Kier alpha value is -3.05. The van der Waals surface area contributed by atoms with Crippen LogP contribution in [0.25, 0.3) is 22.3 Å². The third kappa shape index (κ3) is 5.76. The zero-order chi connectivity index (χ0) is 22.5. The minimum absolute atomic E-state index is 0.533. The molecule has 31 heavy (non-hydrogen) atoms.